The van der Waals surface area contributed by atoms with Crippen LogP contribution in [0, 0.1) is 5.92 Å². The van der Waals surface area contributed by atoms with Gasteiger partial charge in [-0.3, -0.25) is 4.57 Å². The van der Waals surface area contributed by atoms with E-state index in [2.05, 4.69) is 28.5 Å². The zero-order valence-electron chi connectivity index (χ0n) is 16.3. The number of nitrogens with one attached hydrogen (secondary N) is 2. The van der Waals surface area contributed by atoms with Crippen molar-refractivity contribution in [2.75, 3.05) is 0 Å². The van der Waals surface area contributed by atoms with E-state index in [9.17, 15) is 9.18 Å². The molecule has 0 amide bonds. The fourth-order valence-corrected chi connectivity index (χ4v) is 2.32. The van der Waals surface area contributed by atoms with Crippen molar-refractivity contribution in [1.82, 2.24) is 19.5 Å². The summed E-state index contributed by atoms with van der Waals surface area (Å²) in [6.07, 6.45) is 7.76. The van der Waals surface area contributed by atoms with Crippen LogP contribution in [0.5, 0.6) is 0 Å². The lowest BCUT2D eigenvalue weighted by molar-refractivity contribution is 0.555. The van der Waals surface area contributed by atoms with Gasteiger partial charge in [0.25, 0.3) is 0 Å². The molecule has 1 unspecified atom stereocenters. The number of hydrogen-bond donors (Lipinski definition) is 2. The first-order valence-electron chi connectivity index (χ1n) is 8.93. The lowest BCUT2D eigenvalue weighted by Gasteiger charge is -2.07. The van der Waals surface area contributed by atoms with E-state index in [1.54, 1.807) is 17.7 Å². The fraction of sp³-hybridized carbons (Fsp3) is 0.400. The van der Waals surface area contributed by atoms with Crippen LogP contribution in [0.15, 0.2) is 47.8 Å². The second-order valence-electron chi connectivity index (χ2n) is 5.72. The topological polar surface area (TPSA) is 66.5 Å². The summed E-state index contributed by atoms with van der Waals surface area (Å²) >= 11 is 0. The second kappa shape index (κ2) is 10.4. The first-order chi connectivity index (χ1) is 12.5. The van der Waals surface area contributed by atoms with Crippen LogP contribution in [0.2, 0.25) is 0 Å². The minimum absolute atomic E-state index is 0.0817. The molecule has 3 rings (SSSR count). The molecule has 3 aromatic heterocycles. The monoisotopic (exact) mass is 360 g/mol. The van der Waals surface area contributed by atoms with E-state index < -0.39 is 0 Å². The lowest BCUT2D eigenvalue weighted by atomic mass is 10.1. The molecule has 0 radical (unpaired) electrons. The maximum Gasteiger partial charge on any atom is 0.326 e. The predicted octanol–water partition coefficient (Wildman–Crippen LogP) is 5.32. The molecule has 142 valence electrons. The van der Waals surface area contributed by atoms with Gasteiger partial charge < -0.3 is 9.97 Å². The average Bonchev–Trinajstić information content (AvgIpc) is 3.25. The van der Waals surface area contributed by atoms with Crippen LogP contribution in [0.25, 0.3) is 22.1 Å². The number of H-pyrrole nitrogens is 2. The molecule has 0 aromatic carbocycles. The zero-order valence-corrected chi connectivity index (χ0v) is 16.3. The van der Waals surface area contributed by atoms with E-state index in [0.29, 0.717) is 12.5 Å². The molecule has 6 heteroatoms. The van der Waals surface area contributed by atoms with Gasteiger partial charge in [0, 0.05) is 18.1 Å². The largest absolute Gasteiger partial charge is 0.346 e. The highest BCUT2D eigenvalue weighted by molar-refractivity contribution is 6.00. The number of aryl methyl sites for hydroxylation is 1. The van der Waals surface area contributed by atoms with E-state index in [4.69, 9.17) is 0 Å². The molecule has 0 spiro atoms. The molecule has 0 bridgehead atoms. The smallest absolute Gasteiger partial charge is 0.326 e. The maximum absolute atomic E-state index is 12.0. The Labute approximate surface area is 153 Å². The molecule has 26 heavy (non-hydrogen) atoms. The summed E-state index contributed by atoms with van der Waals surface area (Å²) in [5.74, 6) is 0.269. The minimum atomic E-state index is -0.120. The summed E-state index contributed by atoms with van der Waals surface area (Å²) in [7, 11) is 0. The Bertz CT molecular complexity index is 913. The molecule has 0 aliphatic carbocycles. The van der Waals surface area contributed by atoms with Gasteiger partial charge >= 0.3 is 5.69 Å². The third kappa shape index (κ3) is 5.18. The fourth-order valence-electron chi connectivity index (χ4n) is 2.32. The van der Waals surface area contributed by atoms with Crippen LogP contribution >= 0.6 is 0 Å². The van der Waals surface area contributed by atoms with Gasteiger partial charge in [-0.1, -0.05) is 32.9 Å². The van der Waals surface area contributed by atoms with E-state index in [0.717, 1.165) is 28.5 Å². The first kappa shape index (κ1) is 21.4. The van der Waals surface area contributed by atoms with Gasteiger partial charge in [-0.25, -0.2) is 14.2 Å². The number of pyridine rings is 1. The number of aromatic nitrogens is 4. The van der Waals surface area contributed by atoms with Crippen LogP contribution in [-0.4, -0.2) is 19.5 Å². The van der Waals surface area contributed by atoms with E-state index in [1.165, 1.54) is 13.0 Å². The molecule has 0 fully saturated rings. The quantitative estimate of drug-likeness (QED) is 0.618. The highest BCUT2D eigenvalue weighted by Gasteiger charge is 2.12. The van der Waals surface area contributed by atoms with Gasteiger partial charge in [0.05, 0.1) is 23.1 Å². The van der Waals surface area contributed by atoms with Crippen LogP contribution in [0.1, 0.15) is 41.0 Å². The minimum Gasteiger partial charge on any atom is -0.346 e. The lowest BCUT2D eigenvalue weighted by Crippen LogP contribution is -2.17. The molecular formula is C20H29FN4O. The summed E-state index contributed by atoms with van der Waals surface area (Å²) in [6.45, 7) is 13.6. The summed E-state index contributed by atoms with van der Waals surface area (Å²) < 4.78 is 13.1. The highest BCUT2D eigenvalue weighted by atomic mass is 19.1. The van der Waals surface area contributed by atoms with Crippen LogP contribution in [-0.2, 0) is 6.54 Å². The summed E-state index contributed by atoms with van der Waals surface area (Å²) in [6, 6.07) is 1.95. The molecular weight excluding hydrogens is 331 g/mol. The van der Waals surface area contributed by atoms with Crippen LogP contribution in [0.4, 0.5) is 4.39 Å². The number of aromatic amines is 2. The van der Waals surface area contributed by atoms with Gasteiger partial charge in [-0.15, -0.1) is 6.58 Å². The van der Waals surface area contributed by atoms with Crippen molar-refractivity contribution in [2.24, 2.45) is 5.92 Å². The summed E-state index contributed by atoms with van der Waals surface area (Å²) in [5, 5.41) is 0.974. The Kier molecular flexibility index (Phi) is 8.55. The average molecular weight is 360 g/mol. The number of nitrogens with zero attached hydrogens (tertiary/aromatic N) is 2. The van der Waals surface area contributed by atoms with E-state index in [-0.39, 0.29) is 11.5 Å². The van der Waals surface area contributed by atoms with Gasteiger partial charge in [0.2, 0.25) is 0 Å². The molecule has 5 nitrogen and oxygen atoms in total. The normalized spacial score (nSPS) is 12.2. The zero-order chi connectivity index (χ0) is 19.7. The molecule has 1 atom stereocenters. The van der Waals surface area contributed by atoms with Crippen molar-refractivity contribution in [3.8, 4) is 0 Å². The van der Waals surface area contributed by atoms with E-state index >= 15 is 0 Å². The van der Waals surface area contributed by atoms with Crippen molar-refractivity contribution in [3.63, 3.8) is 0 Å². The molecule has 0 aliphatic rings. The number of halogens is 1. The van der Waals surface area contributed by atoms with Crippen molar-refractivity contribution in [2.45, 2.75) is 47.6 Å². The molecule has 0 aliphatic heterocycles. The van der Waals surface area contributed by atoms with Crippen molar-refractivity contribution >= 4 is 22.1 Å². The Morgan fingerprint density at radius 1 is 1.46 bits per heavy atom. The van der Waals surface area contributed by atoms with E-state index in [1.807, 2.05) is 32.2 Å². The SMILES string of the molecule is C/C=C(\C)F.C=CC(C)CCn1c(=O)[nH]c2cnc3[nH]ccc3c21.CC. The Morgan fingerprint density at radius 2 is 2.12 bits per heavy atom. The Balaban J connectivity index is 0.000000420. The second-order valence-corrected chi connectivity index (χ2v) is 5.72. The van der Waals surface area contributed by atoms with Gasteiger partial charge in [-0.05, 0) is 32.3 Å². The van der Waals surface area contributed by atoms with Gasteiger partial charge in [0.1, 0.15) is 5.65 Å². The standard InChI is InChI=1S/C14H16N4O.C4H7F.C2H6/c1-3-9(2)5-7-18-12-10-4-6-15-13(10)16-8-11(12)17-14(18)19;1-3-4(2)5;1-2/h3-4,6,8-9H,1,5,7H2,2H3,(H,15,16)(H,17,19);3H,1-2H3;1-2H3/b;4-3+;. The van der Waals surface area contributed by atoms with Gasteiger partial charge in [-0.2, -0.15) is 0 Å². The van der Waals surface area contributed by atoms with Crippen molar-refractivity contribution < 1.29 is 4.39 Å². The number of imidazole rings is 1. The summed E-state index contributed by atoms with van der Waals surface area (Å²) in [5.41, 5.74) is 2.43. The maximum atomic E-state index is 12.0. The summed E-state index contributed by atoms with van der Waals surface area (Å²) in [4.78, 5) is 22.3. The third-order valence-corrected chi connectivity index (χ3v) is 3.92. The first-order valence-corrected chi connectivity index (χ1v) is 8.93. The van der Waals surface area contributed by atoms with Crippen LogP contribution < -0.4 is 5.69 Å². The molecule has 3 heterocycles. The molecule has 2 N–H and O–H groups in total. The Hall–Kier alpha value is -2.63. The van der Waals surface area contributed by atoms with Crippen molar-refractivity contribution in [3.05, 3.63) is 53.5 Å². The highest BCUT2D eigenvalue weighted by Crippen LogP contribution is 2.21. The number of allylic oxidation sites excluding steroid dienone is 3. The molecule has 0 saturated heterocycles. The number of fused-ring (bicyclic) bond motifs is 3. The molecule has 3 aromatic rings. The van der Waals surface area contributed by atoms with Gasteiger partial charge in [0.15, 0.2) is 0 Å². The molecule has 0 saturated carbocycles. The number of hydrogen-bond acceptors (Lipinski definition) is 2. The third-order valence-electron chi connectivity index (χ3n) is 3.92. The number of rotatable bonds is 4. The Morgan fingerprint density at radius 3 is 2.69 bits per heavy atom. The van der Waals surface area contributed by atoms with Crippen LogP contribution in [0.3, 0.4) is 0 Å². The predicted molar refractivity (Wildman–Crippen MR) is 108 cm³/mol. The van der Waals surface area contributed by atoms with Crippen molar-refractivity contribution in [1.29, 1.82) is 0 Å².